The van der Waals surface area contributed by atoms with E-state index < -0.39 is 23.9 Å². The first-order valence-corrected chi connectivity index (χ1v) is 14.2. The summed E-state index contributed by atoms with van der Waals surface area (Å²) in [5, 5.41) is 9.48. The molecule has 0 aliphatic heterocycles. The Balaban J connectivity index is 1.62. The van der Waals surface area contributed by atoms with E-state index in [9.17, 15) is 14.4 Å². The van der Waals surface area contributed by atoms with E-state index in [0.717, 1.165) is 36.8 Å². The van der Waals surface area contributed by atoms with Crippen molar-refractivity contribution < 1.29 is 14.4 Å². The van der Waals surface area contributed by atoms with Crippen molar-refractivity contribution in [3.63, 3.8) is 0 Å². The van der Waals surface area contributed by atoms with Gasteiger partial charge in [-0.2, -0.15) is 0 Å². The molecule has 1 aliphatic rings. The molecule has 0 unspecified atom stereocenters. The number of guanidine groups is 1. The van der Waals surface area contributed by atoms with Crippen LogP contribution in [0, 0.1) is 5.92 Å². The van der Waals surface area contributed by atoms with Gasteiger partial charge in [0.15, 0.2) is 5.96 Å². The highest BCUT2D eigenvalue weighted by atomic mass is 35.5. The van der Waals surface area contributed by atoms with Crippen LogP contribution in [-0.4, -0.2) is 41.8 Å². The van der Waals surface area contributed by atoms with Crippen molar-refractivity contribution in [2.75, 3.05) is 0 Å². The minimum absolute atomic E-state index is 0.00854. The van der Waals surface area contributed by atoms with Crippen LogP contribution in [0.15, 0.2) is 53.5 Å². The summed E-state index contributed by atoms with van der Waals surface area (Å²) in [6, 6.07) is 13.0. The molecule has 2 aromatic rings. The van der Waals surface area contributed by atoms with E-state index in [1.807, 2.05) is 32.0 Å². The standard InChI is InChI=1S/C30H41ClN6O3/c1-18(2)15-26(29(40)36-25-10-5-4-9-24(25)22-7-6-8-23(31)16-22)37-27(38)19(3)35-28(39)21-13-11-20(12-14-21)17-34-30(32)33/h6-8,11-14,16,18-19,24-26H,4-5,9-10,15,17H2,1-3H3,(H,35,39)(H,36,40)(H,37,38)(H4,32,33,34)/t19-,24-,25+,26-/m0/s1. The second kappa shape index (κ2) is 14.7. The SMILES string of the molecule is CC(C)C[C@H](NC(=O)[C@H](C)NC(=O)c1ccc(CN=C(N)N)cc1)C(=O)N[C@@H]1CCCC[C@H]1c1cccc(Cl)c1. The lowest BCUT2D eigenvalue weighted by Crippen LogP contribution is -2.55. The zero-order chi connectivity index (χ0) is 29.2. The van der Waals surface area contributed by atoms with Crippen molar-refractivity contribution in [3.05, 3.63) is 70.2 Å². The van der Waals surface area contributed by atoms with Gasteiger partial charge in [0.05, 0.1) is 6.54 Å². The van der Waals surface area contributed by atoms with E-state index in [1.165, 1.54) is 0 Å². The molecule has 0 aromatic heterocycles. The first-order chi connectivity index (χ1) is 19.0. The fourth-order valence-corrected chi connectivity index (χ4v) is 5.21. The second-order valence-electron chi connectivity index (χ2n) is 10.9. The molecular formula is C30H41ClN6O3. The van der Waals surface area contributed by atoms with E-state index in [4.69, 9.17) is 23.1 Å². The fourth-order valence-electron chi connectivity index (χ4n) is 5.01. The molecule has 4 atom stereocenters. The molecule has 0 saturated heterocycles. The number of nitrogens with two attached hydrogens (primary N) is 2. The number of hydrogen-bond donors (Lipinski definition) is 5. The lowest BCUT2D eigenvalue weighted by Gasteiger charge is -2.34. The smallest absolute Gasteiger partial charge is 0.251 e. The molecule has 40 heavy (non-hydrogen) atoms. The lowest BCUT2D eigenvalue weighted by atomic mass is 9.80. The van der Waals surface area contributed by atoms with Crippen LogP contribution in [0.25, 0.3) is 0 Å². The van der Waals surface area contributed by atoms with Gasteiger partial charge in [-0.1, -0.05) is 62.6 Å². The van der Waals surface area contributed by atoms with E-state index in [1.54, 1.807) is 31.2 Å². The Morgan fingerprint density at radius 2 is 1.68 bits per heavy atom. The summed E-state index contributed by atoms with van der Waals surface area (Å²) in [4.78, 5) is 43.2. The van der Waals surface area contributed by atoms with Crippen LogP contribution in [0.2, 0.25) is 5.02 Å². The molecule has 3 rings (SSSR count). The summed E-state index contributed by atoms with van der Waals surface area (Å²) in [6.07, 6.45) is 4.42. The van der Waals surface area contributed by atoms with Crippen LogP contribution >= 0.6 is 11.6 Å². The van der Waals surface area contributed by atoms with Crippen LogP contribution in [-0.2, 0) is 16.1 Å². The molecule has 7 N–H and O–H groups in total. The maximum atomic E-state index is 13.5. The molecule has 9 nitrogen and oxygen atoms in total. The predicted molar refractivity (Wildman–Crippen MR) is 159 cm³/mol. The molecule has 3 amide bonds. The molecule has 1 aliphatic carbocycles. The molecule has 2 aromatic carbocycles. The number of amides is 3. The van der Waals surface area contributed by atoms with Crippen LogP contribution in [0.1, 0.15) is 80.3 Å². The van der Waals surface area contributed by atoms with Gasteiger partial charge in [-0.3, -0.25) is 14.4 Å². The van der Waals surface area contributed by atoms with Crippen LogP contribution < -0.4 is 27.4 Å². The number of carbonyl (C=O) groups is 3. The van der Waals surface area contributed by atoms with Gasteiger partial charge in [0.1, 0.15) is 12.1 Å². The number of rotatable bonds is 11. The Morgan fingerprint density at radius 1 is 0.975 bits per heavy atom. The van der Waals surface area contributed by atoms with Crippen molar-refractivity contribution in [1.29, 1.82) is 0 Å². The summed E-state index contributed by atoms with van der Waals surface area (Å²) in [6.45, 7) is 5.91. The summed E-state index contributed by atoms with van der Waals surface area (Å²) in [5.41, 5.74) is 13.1. The number of benzene rings is 2. The average Bonchev–Trinajstić information content (AvgIpc) is 2.91. The Labute approximate surface area is 241 Å². The molecule has 0 radical (unpaired) electrons. The summed E-state index contributed by atoms with van der Waals surface area (Å²) in [5.74, 6) is -0.702. The van der Waals surface area contributed by atoms with E-state index >= 15 is 0 Å². The van der Waals surface area contributed by atoms with Gasteiger partial charge < -0.3 is 27.4 Å². The van der Waals surface area contributed by atoms with Crippen molar-refractivity contribution in [1.82, 2.24) is 16.0 Å². The van der Waals surface area contributed by atoms with Gasteiger partial charge >= 0.3 is 0 Å². The third kappa shape index (κ3) is 9.26. The monoisotopic (exact) mass is 568 g/mol. The van der Waals surface area contributed by atoms with Gasteiger partial charge in [-0.05, 0) is 67.5 Å². The molecule has 10 heteroatoms. The number of hydrogen-bond acceptors (Lipinski definition) is 4. The molecule has 0 spiro atoms. The van der Waals surface area contributed by atoms with Crippen molar-refractivity contribution in [2.24, 2.45) is 22.4 Å². The first-order valence-electron chi connectivity index (χ1n) is 13.8. The van der Waals surface area contributed by atoms with Gasteiger partial charge in [-0.15, -0.1) is 0 Å². The summed E-state index contributed by atoms with van der Waals surface area (Å²) in [7, 11) is 0. The minimum atomic E-state index is -0.842. The quantitative estimate of drug-likeness (QED) is 0.207. The number of aliphatic imine (C=N–C) groups is 1. The average molecular weight is 569 g/mol. The molecule has 0 bridgehead atoms. The number of carbonyl (C=O) groups excluding carboxylic acids is 3. The van der Waals surface area contributed by atoms with Gasteiger partial charge in [0, 0.05) is 22.5 Å². The van der Waals surface area contributed by atoms with Crippen LogP contribution in [0.4, 0.5) is 0 Å². The number of halogens is 1. The molecular weight excluding hydrogens is 528 g/mol. The van der Waals surface area contributed by atoms with Crippen LogP contribution in [0.3, 0.4) is 0 Å². The van der Waals surface area contributed by atoms with Crippen molar-refractivity contribution >= 4 is 35.3 Å². The predicted octanol–water partition coefficient (Wildman–Crippen LogP) is 3.61. The van der Waals surface area contributed by atoms with E-state index in [0.29, 0.717) is 23.6 Å². The lowest BCUT2D eigenvalue weighted by molar-refractivity contribution is -0.130. The van der Waals surface area contributed by atoms with E-state index in [-0.39, 0.29) is 29.7 Å². The highest BCUT2D eigenvalue weighted by Crippen LogP contribution is 2.34. The van der Waals surface area contributed by atoms with E-state index in [2.05, 4.69) is 27.0 Å². The number of nitrogens with zero attached hydrogens (tertiary/aromatic N) is 1. The Kier molecular flexibility index (Phi) is 11.4. The zero-order valence-corrected chi connectivity index (χ0v) is 24.2. The third-order valence-corrected chi connectivity index (χ3v) is 7.35. The molecule has 1 fully saturated rings. The highest BCUT2D eigenvalue weighted by Gasteiger charge is 2.31. The van der Waals surface area contributed by atoms with Gasteiger partial charge in [0.2, 0.25) is 11.8 Å². The van der Waals surface area contributed by atoms with Gasteiger partial charge in [-0.25, -0.2) is 4.99 Å². The highest BCUT2D eigenvalue weighted by molar-refractivity contribution is 6.30. The summed E-state index contributed by atoms with van der Waals surface area (Å²) < 4.78 is 0. The van der Waals surface area contributed by atoms with Crippen LogP contribution in [0.5, 0.6) is 0 Å². The first kappa shape index (κ1) is 30.9. The van der Waals surface area contributed by atoms with Crippen molar-refractivity contribution in [2.45, 2.75) is 83.5 Å². The fraction of sp³-hybridized carbons (Fsp3) is 0.467. The van der Waals surface area contributed by atoms with Crippen molar-refractivity contribution in [3.8, 4) is 0 Å². The number of nitrogens with one attached hydrogen (secondary N) is 3. The maximum absolute atomic E-state index is 13.5. The Bertz CT molecular complexity index is 1200. The second-order valence-corrected chi connectivity index (χ2v) is 11.3. The Hall–Kier alpha value is -3.59. The largest absolute Gasteiger partial charge is 0.370 e. The normalized spacial score (nSPS) is 18.3. The molecule has 1 saturated carbocycles. The summed E-state index contributed by atoms with van der Waals surface area (Å²) >= 11 is 6.24. The topological polar surface area (TPSA) is 152 Å². The zero-order valence-electron chi connectivity index (χ0n) is 23.5. The molecule has 0 heterocycles. The third-order valence-electron chi connectivity index (χ3n) is 7.11. The van der Waals surface area contributed by atoms with Gasteiger partial charge in [0.25, 0.3) is 5.91 Å². The minimum Gasteiger partial charge on any atom is -0.370 e. The Morgan fingerprint density at radius 3 is 2.33 bits per heavy atom. The maximum Gasteiger partial charge on any atom is 0.251 e. The molecule has 216 valence electrons.